The highest BCUT2D eigenvalue weighted by Crippen LogP contribution is 2.36. The van der Waals surface area contributed by atoms with E-state index < -0.39 is 0 Å². The number of rotatable bonds is 5. The number of ether oxygens (including phenoxy) is 2. The SMILES string of the molecule is CNC[C@H]1CCN(C(=O)c2cc(OC)c(Br)c(OC)c2)C1. The van der Waals surface area contributed by atoms with Crippen LogP contribution in [0.4, 0.5) is 0 Å². The molecule has 0 spiro atoms. The highest BCUT2D eigenvalue weighted by molar-refractivity contribution is 9.10. The van der Waals surface area contributed by atoms with Crippen molar-refractivity contribution in [2.24, 2.45) is 5.92 Å². The van der Waals surface area contributed by atoms with Crippen molar-refractivity contribution in [3.63, 3.8) is 0 Å². The van der Waals surface area contributed by atoms with Crippen LogP contribution >= 0.6 is 15.9 Å². The molecular weight excluding hydrogens is 336 g/mol. The molecule has 0 radical (unpaired) electrons. The van der Waals surface area contributed by atoms with Gasteiger partial charge in [-0.2, -0.15) is 0 Å². The van der Waals surface area contributed by atoms with Gasteiger partial charge in [0.05, 0.1) is 14.2 Å². The van der Waals surface area contributed by atoms with E-state index in [0.29, 0.717) is 23.0 Å². The van der Waals surface area contributed by atoms with E-state index in [9.17, 15) is 4.79 Å². The summed E-state index contributed by atoms with van der Waals surface area (Å²) < 4.78 is 11.3. The molecule has 5 nitrogen and oxygen atoms in total. The van der Waals surface area contributed by atoms with E-state index >= 15 is 0 Å². The Morgan fingerprint density at radius 2 is 2.00 bits per heavy atom. The predicted molar refractivity (Wildman–Crippen MR) is 85.2 cm³/mol. The Hall–Kier alpha value is -1.27. The molecule has 6 heteroatoms. The number of halogens is 1. The molecular formula is C15H21BrN2O3. The second-order valence-electron chi connectivity index (χ2n) is 5.16. The lowest BCUT2D eigenvalue weighted by molar-refractivity contribution is 0.0786. The number of hydrogen-bond acceptors (Lipinski definition) is 4. The van der Waals surface area contributed by atoms with Gasteiger partial charge in [0.1, 0.15) is 16.0 Å². The number of likely N-dealkylation sites (tertiary alicyclic amines) is 1. The van der Waals surface area contributed by atoms with Gasteiger partial charge in [-0.05, 0) is 54.0 Å². The molecule has 1 aliphatic heterocycles. The van der Waals surface area contributed by atoms with Gasteiger partial charge in [0.15, 0.2) is 0 Å². The second kappa shape index (κ2) is 7.13. The minimum atomic E-state index is 0.0257. The first-order chi connectivity index (χ1) is 10.1. The van der Waals surface area contributed by atoms with Crippen LogP contribution in [0.3, 0.4) is 0 Å². The summed E-state index contributed by atoms with van der Waals surface area (Å²) in [5.74, 6) is 1.75. The summed E-state index contributed by atoms with van der Waals surface area (Å²) in [7, 11) is 5.09. The Labute approximate surface area is 133 Å². The minimum Gasteiger partial charge on any atom is -0.495 e. The second-order valence-corrected chi connectivity index (χ2v) is 5.95. The first-order valence-corrected chi connectivity index (χ1v) is 7.75. The standard InChI is InChI=1S/C15H21BrN2O3/c1-17-8-10-4-5-18(9-10)15(19)11-6-12(20-2)14(16)13(7-11)21-3/h6-7,10,17H,4-5,8-9H2,1-3H3/t10-/m1/s1. The Balaban J connectivity index is 2.20. The number of nitrogens with zero attached hydrogens (tertiary/aromatic N) is 1. The highest BCUT2D eigenvalue weighted by Gasteiger charge is 2.27. The van der Waals surface area contributed by atoms with Crippen molar-refractivity contribution < 1.29 is 14.3 Å². The third kappa shape index (κ3) is 3.49. The number of benzene rings is 1. The molecule has 1 amide bonds. The molecule has 0 saturated carbocycles. The summed E-state index contributed by atoms with van der Waals surface area (Å²) in [6, 6.07) is 3.50. The van der Waals surface area contributed by atoms with Crippen molar-refractivity contribution in [1.29, 1.82) is 0 Å². The van der Waals surface area contributed by atoms with Crippen molar-refractivity contribution in [3.8, 4) is 11.5 Å². The predicted octanol–water partition coefficient (Wildman–Crippen LogP) is 2.15. The number of hydrogen-bond donors (Lipinski definition) is 1. The van der Waals surface area contributed by atoms with E-state index in [1.54, 1.807) is 26.4 Å². The maximum Gasteiger partial charge on any atom is 0.254 e. The summed E-state index contributed by atoms with van der Waals surface area (Å²) in [4.78, 5) is 14.5. The normalized spacial score (nSPS) is 17.9. The number of carbonyl (C=O) groups excluding carboxylic acids is 1. The topological polar surface area (TPSA) is 50.8 Å². The molecule has 0 unspecified atom stereocenters. The van der Waals surface area contributed by atoms with Crippen LogP contribution in [0.15, 0.2) is 16.6 Å². The summed E-state index contributed by atoms with van der Waals surface area (Å²) in [5, 5.41) is 3.17. The molecule has 1 saturated heterocycles. The smallest absolute Gasteiger partial charge is 0.254 e. The van der Waals surface area contributed by atoms with Crippen LogP contribution in [0.5, 0.6) is 11.5 Å². The molecule has 1 atom stereocenters. The van der Waals surface area contributed by atoms with Crippen LogP contribution < -0.4 is 14.8 Å². The van der Waals surface area contributed by atoms with Crippen molar-refractivity contribution in [3.05, 3.63) is 22.2 Å². The average Bonchev–Trinajstić information content (AvgIpc) is 2.95. The van der Waals surface area contributed by atoms with E-state index in [-0.39, 0.29) is 5.91 Å². The fraction of sp³-hybridized carbons (Fsp3) is 0.533. The van der Waals surface area contributed by atoms with E-state index in [1.807, 2.05) is 11.9 Å². The van der Waals surface area contributed by atoms with Crippen molar-refractivity contribution in [1.82, 2.24) is 10.2 Å². The van der Waals surface area contributed by atoms with Crippen LogP contribution in [-0.2, 0) is 0 Å². The monoisotopic (exact) mass is 356 g/mol. The van der Waals surface area contributed by atoms with Crippen molar-refractivity contribution in [2.75, 3.05) is 40.9 Å². The molecule has 1 fully saturated rings. The van der Waals surface area contributed by atoms with E-state index in [1.165, 1.54) is 0 Å². The Kier molecular flexibility index (Phi) is 5.47. The van der Waals surface area contributed by atoms with Crippen LogP contribution in [0.1, 0.15) is 16.8 Å². The molecule has 1 heterocycles. The lowest BCUT2D eigenvalue weighted by atomic mass is 10.1. The maximum atomic E-state index is 12.6. The molecule has 0 bridgehead atoms. The van der Waals surface area contributed by atoms with Gasteiger partial charge >= 0.3 is 0 Å². The van der Waals surface area contributed by atoms with Crippen LogP contribution in [0.2, 0.25) is 0 Å². The average molecular weight is 357 g/mol. The number of amides is 1. The maximum absolute atomic E-state index is 12.6. The van der Waals surface area contributed by atoms with E-state index in [2.05, 4.69) is 21.2 Å². The van der Waals surface area contributed by atoms with E-state index in [0.717, 1.165) is 30.5 Å². The van der Waals surface area contributed by atoms with E-state index in [4.69, 9.17) is 9.47 Å². The first kappa shape index (κ1) is 16.1. The molecule has 1 N–H and O–H groups in total. The molecule has 2 rings (SSSR count). The number of nitrogens with one attached hydrogen (secondary N) is 1. The molecule has 1 aliphatic rings. The molecule has 116 valence electrons. The van der Waals surface area contributed by atoms with Gasteiger partial charge in [-0.1, -0.05) is 0 Å². The fourth-order valence-corrected chi connectivity index (χ4v) is 3.20. The summed E-state index contributed by atoms with van der Waals surface area (Å²) in [5.41, 5.74) is 0.594. The third-order valence-electron chi connectivity index (χ3n) is 3.76. The Morgan fingerprint density at radius 3 is 2.52 bits per heavy atom. The largest absolute Gasteiger partial charge is 0.495 e. The van der Waals surface area contributed by atoms with Crippen molar-refractivity contribution >= 4 is 21.8 Å². The Bertz CT molecular complexity index is 497. The van der Waals surface area contributed by atoms with Crippen LogP contribution in [0.25, 0.3) is 0 Å². The number of carbonyl (C=O) groups is 1. The lowest BCUT2D eigenvalue weighted by Gasteiger charge is -2.18. The minimum absolute atomic E-state index is 0.0257. The first-order valence-electron chi connectivity index (χ1n) is 6.96. The van der Waals surface area contributed by atoms with Gasteiger partial charge in [-0.15, -0.1) is 0 Å². The van der Waals surface area contributed by atoms with Crippen LogP contribution in [0, 0.1) is 5.92 Å². The van der Waals surface area contributed by atoms with Gasteiger partial charge in [0, 0.05) is 18.7 Å². The molecule has 21 heavy (non-hydrogen) atoms. The zero-order chi connectivity index (χ0) is 15.4. The van der Waals surface area contributed by atoms with Gasteiger partial charge < -0.3 is 19.7 Å². The molecule has 1 aromatic carbocycles. The lowest BCUT2D eigenvalue weighted by Crippen LogP contribution is -2.30. The zero-order valence-corrected chi connectivity index (χ0v) is 14.2. The third-order valence-corrected chi connectivity index (χ3v) is 4.54. The summed E-state index contributed by atoms with van der Waals surface area (Å²) >= 11 is 3.42. The molecule has 0 aromatic heterocycles. The van der Waals surface area contributed by atoms with Gasteiger partial charge in [0.2, 0.25) is 0 Å². The molecule has 0 aliphatic carbocycles. The zero-order valence-electron chi connectivity index (χ0n) is 12.6. The fourth-order valence-electron chi connectivity index (χ4n) is 2.65. The summed E-state index contributed by atoms with van der Waals surface area (Å²) in [6.45, 7) is 2.53. The van der Waals surface area contributed by atoms with Gasteiger partial charge in [-0.25, -0.2) is 0 Å². The summed E-state index contributed by atoms with van der Waals surface area (Å²) in [6.07, 6.45) is 1.04. The van der Waals surface area contributed by atoms with Gasteiger partial charge in [0.25, 0.3) is 5.91 Å². The highest BCUT2D eigenvalue weighted by atomic mass is 79.9. The van der Waals surface area contributed by atoms with Crippen LogP contribution in [-0.4, -0.2) is 51.7 Å². The molecule has 1 aromatic rings. The Morgan fingerprint density at radius 1 is 1.38 bits per heavy atom. The number of methoxy groups -OCH3 is 2. The van der Waals surface area contributed by atoms with Gasteiger partial charge in [-0.3, -0.25) is 4.79 Å². The quantitative estimate of drug-likeness (QED) is 0.878. The van der Waals surface area contributed by atoms with Crippen molar-refractivity contribution in [2.45, 2.75) is 6.42 Å².